The summed E-state index contributed by atoms with van der Waals surface area (Å²) in [6.45, 7) is 8.19. The summed E-state index contributed by atoms with van der Waals surface area (Å²) in [4.78, 5) is 32.1. The molecule has 0 aliphatic carbocycles. The zero-order valence-corrected chi connectivity index (χ0v) is 15.9. The van der Waals surface area contributed by atoms with Crippen molar-refractivity contribution in [1.29, 1.82) is 0 Å². The van der Waals surface area contributed by atoms with Crippen LogP contribution in [0.4, 0.5) is 0 Å². The van der Waals surface area contributed by atoms with Gasteiger partial charge in [0.05, 0.1) is 0 Å². The van der Waals surface area contributed by atoms with Gasteiger partial charge in [-0.25, -0.2) is 4.79 Å². The Morgan fingerprint density at radius 2 is 1.62 bits per heavy atom. The first-order valence-corrected chi connectivity index (χ1v) is 9.28. The van der Waals surface area contributed by atoms with Gasteiger partial charge >= 0.3 is 5.69 Å². The van der Waals surface area contributed by atoms with Crippen LogP contribution in [0.5, 0.6) is 0 Å². The van der Waals surface area contributed by atoms with E-state index in [2.05, 4.69) is 21.4 Å². The first kappa shape index (κ1) is 17.1. The van der Waals surface area contributed by atoms with E-state index in [0.29, 0.717) is 11.2 Å². The van der Waals surface area contributed by atoms with Crippen LogP contribution >= 0.6 is 0 Å². The lowest BCUT2D eigenvalue weighted by atomic mass is 10.1. The Balaban J connectivity index is 1.88. The fourth-order valence-electron chi connectivity index (χ4n) is 4.08. The molecule has 0 amide bonds. The molecule has 1 aliphatic heterocycles. The SMILES string of the molecule is Cc1c(C)n2c3c(=O)n(C)c(=O)n(C)c3nc2n1CCN1CCCCC1. The third-order valence-corrected chi connectivity index (χ3v) is 5.83. The molecule has 140 valence electrons. The van der Waals surface area contributed by atoms with Gasteiger partial charge in [0.1, 0.15) is 0 Å². The number of rotatable bonds is 3. The Kier molecular flexibility index (Phi) is 4.02. The van der Waals surface area contributed by atoms with E-state index in [1.54, 1.807) is 7.05 Å². The van der Waals surface area contributed by atoms with Gasteiger partial charge < -0.3 is 9.47 Å². The maximum Gasteiger partial charge on any atom is 0.332 e. The van der Waals surface area contributed by atoms with Crippen molar-refractivity contribution in [1.82, 2.24) is 28.0 Å². The van der Waals surface area contributed by atoms with E-state index in [9.17, 15) is 9.59 Å². The van der Waals surface area contributed by atoms with E-state index in [1.165, 1.54) is 30.9 Å². The second-order valence-corrected chi connectivity index (χ2v) is 7.35. The molecule has 26 heavy (non-hydrogen) atoms. The van der Waals surface area contributed by atoms with Gasteiger partial charge in [0.25, 0.3) is 5.56 Å². The van der Waals surface area contributed by atoms with E-state index in [1.807, 2.05) is 11.3 Å². The maximum atomic E-state index is 12.7. The standard InChI is InChI=1S/C18H26N6O2/c1-12-13(2)24-14-15(20(3)18(26)21(4)16(14)25)19-17(24)23(12)11-10-22-8-6-5-7-9-22/h5-11H2,1-4H3. The molecular weight excluding hydrogens is 332 g/mol. The van der Waals surface area contributed by atoms with Gasteiger partial charge in [-0.15, -0.1) is 0 Å². The minimum absolute atomic E-state index is 0.299. The fourth-order valence-corrected chi connectivity index (χ4v) is 4.08. The highest BCUT2D eigenvalue weighted by Crippen LogP contribution is 2.21. The van der Waals surface area contributed by atoms with E-state index in [-0.39, 0.29) is 11.2 Å². The summed E-state index contributed by atoms with van der Waals surface area (Å²) in [7, 11) is 3.18. The molecule has 4 heterocycles. The zero-order chi connectivity index (χ0) is 18.6. The monoisotopic (exact) mass is 358 g/mol. The third-order valence-electron chi connectivity index (χ3n) is 5.83. The van der Waals surface area contributed by atoms with Crippen molar-refractivity contribution in [3.05, 3.63) is 32.2 Å². The first-order valence-electron chi connectivity index (χ1n) is 9.28. The summed E-state index contributed by atoms with van der Waals surface area (Å²) >= 11 is 0. The Morgan fingerprint density at radius 3 is 2.31 bits per heavy atom. The zero-order valence-electron chi connectivity index (χ0n) is 15.9. The summed E-state index contributed by atoms with van der Waals surface area (Å²) < 4.78 is 6.68. The quantitative estimate of drug-likeness (QED) is 0.694. The summed E-state index contributed by atoms with van der Waals surface area (Å²) in [6.07, 6.45) is 3.86. The molecular formula is C18H26N6O2. The van der Waals surface area contributed by atoms with Crippen LogP contribution in [0.25, 0.3) is 16.9 Å². The highest BCUT2D eigenvalue weighted by molar-refractivity contribution is 5.76. The molecule has 0 bridgehead atoms. The van der Waals surface area contributed by atoms with Gasteiger partial charge in [-0.05, 0) is 39.8 Å². The number of piperidine rings is 1. The number of aromatic nitrogens is 5. The van der Waals surface area contributed by atoms with Crippen molar-refractivity contribution in [2.45, 2.75) is 39.7 Å². The summed E-state index contributed by atoms with van der Waals surface area (Å²) in [6, 6.07) is 0. The first-order chi connectivity index (χ1) is 12.4. The number of imidazole rings is 2. The Bertz CT molecular complexity index is 1110. The molecule has 4 rings (SSSR count). The lowest BCUT2D eigenvalue weighted by Crippen LogP contribution is -2.37. The molecule has 0 unspecified atom stereocenters. The Labute approximate surface area is 151 Å². The van der Waals surface area contributed by atoms with Gasteiger partial charge in [0.2, 0.25) is 5.78 Å². The molecule has 0 spiro atoms. The van der Waals surface area contributed by atoms with Crippen LogP contribution in [0.3, 0.4) is 0 Å². The maximum absolute atomic E-state index is 12.7. The molecule has 0 saturated carbocycles. The van der Waals surface area contributed by atoms with E-state index >= 15 is 0 Å². The molecule has 8 nitrogen and oxygen atoms in total. The van der Waals surface area contributed by atoms with Gasteiger partial charge in [-0.2, -0.15) is 4.98 Å². The highest BCUT2D eigenvalue weighted by atomic mass is 16.2. The highest BCUT2D eigenvalue weighted by Gasteiger charge is 2.22. The lowest BCUT2D eigenvalue weighted by molar-refractivity contribution is 0.221. The average Bonchev–Trinajstić information content (AvgIpc) is 3.14. The van der Waals surface area contributed by atoms with Crippen LogP contribution in [-0.2, 0) is 20.6 Å². The van der Waals surface area contributed by atoms with Crippen molar-refractivity contribution in [2.24, 2.45) is 14.1 Å². The number of aryl methyl sites for hydroxylation is 2. The van der Waals surface area contributed by atoms with Gasteiger partial charge in [0.15, 0.2) is 11.2 Å². The second kappa shape index (κ2) is 6.12. The molecule has 1 aliphatic rings. The predicted molar refractivity (Wildman–Crippen MR) is 101 cm³/mol. The largest absolute Gasteiger partial charge is 0.332 e. The molecule has 0 N–H and O–H groups in total. The molecule has 1 fully saturated rings. The number of likely N-dealkylation sites (tertiary alicyclic amines) is 1. The minimum atomic E-state index is -0.350. The smallest absolute Gasteiger partial charge is 0.313 e. The molecule has 0 radical (unpaired) electrons. The van der Waals surface area contributed by atoms with E-state index in [0.717, 1.165) is 47.9 Å². The van der Waals surface area contributed by atoms with Crippen molar-refractivity contribution in [3.8, 4) is 0 Å². The topological polar surface area (TPSA) is 69.5 Å². The lowest BCUT2D eigenvalue weighted by Gasteiger charge is -2.26. The normalized spacial score (nSPS) is 16.2. The van der Waals surface area contributed by atoms with E-state index in [4.69, 9.17) is 0 Å². The Hall–Kier alpha value is -2.35. The second-order valence-electron chi connectivity index (χ2n) is 7.35. The van der Waals surface area contributed by atoms with E-state index < -0.39 is 0 Å². The van der Waals surface area contributed by atoms with Gasteiger partial charge in [-0.3, -0.25) is 18.3 Å². The summed E-state index contributed by atoms with van der Waals surface area (Å²) in [5, 5.41) is 0. The summed E-state index contributed by atoms with van der Waals surface area (Å²) in [5.41, 5.74) is 2.38. The number of hydrogen-bond donors (Lipinski definition) is 0. The number of fused-ring (bicyclic) bond motifs is 3. The molecule has 0 atom stereocenters. The molecule has 8 heteroatoms. The van der Waals surface area contributed by atoms with Crippen molar-refractivity contribution in [3.63, 3.8) is 0 Å². The van der Waals surface area contributed by atoms with Gasteiger partial charge in [-0.1, -0.05) is 6.42 Å². The van der Waals surface area contributed by atoms with Crippen LogP contribution < -0.4 is 11.2 Å². The molecule has 3 aromatic rings. The van der Waals surface area contributed by atoms with Crippen molar-refractivity contribution in [2.75, 3.05) is 19.6 Å². The van der Waals surface area contributed by atoms with Crippen molar-refractivity contribution < 1.29 is 0 Å². The minimum Gasteiger partial charge on any atom is -0.313 e. The van der Waals surface area contributed by atoms with Crippen LogP contribution in [0, 0.1) is 13.8 Å². The fraction of sp³-hybridized carbons (Fsp3) is 0.611. The van der Waals surface area contributed by atoms with Crippen LogP contribution in [0.15, 0.2) is 9.59 Å². The predicted octanol–water partition coefficient (Wildman–Crippen LogP) is 0.789. The summed E-state index contributed by atoms with van der Waals surface area (Å²) in [5.74, 6) is 0.741. The Morgan fingerprint density at radius 1 is 0.923 bits per heavy atom. The van der Waals surface area contributed by atoms with Gasteiger partial charge in [0, 0.05) is 38.6 Å². The van der Waals surface area contributed by atoms with Crippen molar-refractivity contribution >= 4 is 16.9 Å². The average molecular weight is 358 g/mol. The molecule has 1 saturated heterocycles. The van der Waals surface area contributed by atoms with Crippen LogP contribution in [0.2, 0.25) is 0 Å². The molecule has 3 aromatic heterocycles. The van der Waals surface area contributed by atoms with Crippen LogP contribution in [-0.4, -0.2) is 47.6 Å². The third kappa shape index (κ3) is 2.35. The number of hydrogen-bond acceptors (Lipinski definition) is 4. The molecule has 0 aromatic carbocycles. The van der Waals surface area contributed by atoms with Crippen LogP contribution in [0.1, 0.15) is 30.7 Å². The number of nitrogens with zero attached hydrogens (tertiary/aromatic N) is 6.